The van der Waals surface area contributed by atoms with E-state index in [1.807, 2.05) is 0 Å². The first-order chi connectivity index (χ1) is 23.1. The molecule has 0 fully saturated rings. The zero-order chi connectivity index (χ0) is 34.5. The van der Waals surface area contributed by atoms with Crippen molar-refractivity contribution in [1.82, 2.24) is 4.90 Å². The summed E-state index contributed by atoms with van der Waals surface area (Å²) in [5.41, 5.74) is 0. The second-order valence-corrected chi connectivity index (χ2v) is 13.6. The Morgan fingerprint density at radius 3 is 1.62 bits per heavy atom. The molecule has 0 aliphatic rings. The lowest BCUT2D eigenvalue weighted by Crippen LogP contribution is -2.26. The molecule has 0 radical (unpaired) electrons. The molecular weight excluding hydrogens is 586 g/mol. The van der Waals surface area contributed by atoms with Gasteiger partial charge in [-0.05, 0) is 103 Å². The number of hydrogen-bond acceptors (Lipinski definition) is 6. The first-order valence-electron chi connectivity index (χ1n) is 20.4. The molecule has 0 spiro atoms. The topological polar surface area (TPSA) is 65.1 Å². The van der Waals surface area contributed by atoms with Crippen molar-refractivity contribution in [1.29, 1.82) is 0 Å². The van der Waals surface area contributed by atoms with Gasteiger partial charge >= 0.3 is 12.1 Å². The van der Waals surface area contributed by atoms with Gasteiger partial charge in [-0.2, -0.15) is 0 Å². The summed E-state index contributed by atoms with van der Waals surface area (Å²) >= 11 is 0. The SMILES string of the molecule is CC/C=C\CCCCCOC(=O)OCCCCN(CC)CCCCCCCC(=O)OC(CCCCCCCC)CCCCCCCC. The van der Waals surface area contributed by atoms with Crippen LogP contribution in [0.4, 0.5) is 4.79 Å². The Morgan fingerprint density at radius 2 is 1.04 bits per heavy atom. The molecule has 0 aromatic carbocycles. The standard InChI is InChI=1S/C41H79NO5/c1-5-9-12-15-18-24-30-37-45-41(44)46-38-31-29-36-42(8-4)35-28-23-19-22-27-34-40(43)47-39(32-25-20-16-13-10-6-2)33-26-21-17-14-11-7-3/h9,12,39H,5-8,10-11,13-38H2,1-4H3/b12-9-. The van der Waals surface area contributed by atoms with Crippen molar-refractivity contribution >= 4 is 12.1 Å². The fourth-order valence-corrected chi connectivity index (χ4v) is 5.99. The quantitative estimate of drug-likeness (QED) is 0.0377. The molecule has 0 N–H and O–H groups in total. The lowest BCUT2D eigenvalue weighted by molar-refractivity contribution is -0.150. The van der Waals surface area contributed by atoms with E-state index in [9.17, 15) is 9.59 Å². The summed E-state index contributed by atoms with van der Waals surface area (Å²) in [7, 11) is 0. The number of nitrogens with zero attached hydrogens (tertiary/aromatic N) is 1. The minimum absolute atomic E-state index is 0.0207. The van der Waals surface area contributed by atoms with Crippen LogP contribution < -0.4 is 0 Å². The molecule has 0 aliphatic carbocycles. The van der Waals surface area contributed by atoms with Crippen molar-refractivity contribution in [3.8, 4) is 0 Å². The molecule has 47 heavy (non-hydrogen) atoms. The number of hydrogen-bond donors (Lipinski definition) is 0. The molecular formula is C41H79NO5. The van der Waals surface area contributed by atoms with Crippen LogP contribution in [-0.4, -0.2) is 56.0 Å². The van der Waals surface area contributed by atoms with Crippen molar-refractivity contribution in [2.24, 2.45) is 0 Å². The first kappa shape index (κ1) is 45.4. The molecule has 6 heteroatoms. The van der Waals surface area contributed by atoms with Crippen LogP contribution in [0, 0.1) is 0 Å². The minimum atomic E-state index is -0.530. The molecule has 0 atom stereocenters. The summed E-state index contributed by atoms with van der Waals surface area (Å²) in [6.45, 7) is 12.9. The van der Waals surface area contributed by atoms with Gasteiger partial charge in [-0.1, -0.05) is 123 Å². The molecule has 0 saturated heterocycles. The molecule has 0 rings (SSSR count). The van der Waals surface area contributed by atoms with Gasteiger partial charge < -0.3 is 19.1 Å². The van der Waals surface area contributed by atoms with Gasteiger partial charge in [0.15, 0.2) is 0 Å². The minimum Gasteiger partial charge on any atom is -0.462 e. The Hall–Kier alpha value is -1.56. The summed E-state index contributed by atoms with van der Waals surface area (Å²) in [5.74, 6) is 0.0207. The number of carbonyl (C=O) groups excluding carboxylic acids is 2. The van der Waals surface area contributed by atoms with Gasteiger partial charge in [0.2, 0.25) is 0 Å². The van der Waals surface area contributed by atoms with Gasteiger partial charge in [0, 0.05) is 6.42 Å². The Balaban J connectivity index is 3.91. The van der Waals surface area contributed by atoms with Crippen molar-refractivity contribution in [3.63, 3.8) is 0 Å². The fourth-order valence-electron chi connectivity index (χ4n) is 5.99. The van der Waals surface area contributed by atoms with Crippen molar-refractivity contribution in [3.05, 3.63) is 12.2 Å². The third kappa shape index (κ3) is 34.1. The summed E-state index contributed by atoms with van der Waals surface area (Å²) in [6, 6.07) is 0. The van der Waals surface area contributed by atoms with E-state index in [1.54, 1.807) is 0 Å². The second-order valence-electron chi connectivity index (χ2n) is 13.6. The summed E-state index contributed by atoms with van der Waals surface area (Å²) in [4.78, 5) is 26.9. The van der Waals surface area contributed by atoms with Gasteiger partial charge in [-0.3, -0.25) is 4.79 Å². The highest BCUT2D eigenvalue weighted by Crippen LogP contribution is 2.18. The number of carbonyl (C=O) groups is 2. The molecule has 0 aromatic heterocycles. The van der Waals surface area contributed by atoms with Gasteiger partial charge in [0.25, 0.3) is 0 Å². The van der Waals surface area contributed by atoms with E-state index in [1.165, 1.54) is 96.3 Å². The zero-order valence-corrected chi connectivity index (χ0v) is 31.8. The Morgan fingerprint density at radius 1 is 0.553 bits per heavy atom. The molecule has 6 nitrogen and oxygen atoms in total. The van der Waals surface area contributed by atoms with Crippen LogP contribution in [0.3, 0.4) is 0 Å². The molecule has 0 bridgehead atoms. The summed E-state index contributed by atoms with van der Waals surface area (Å²) in [5, 5.41) is 0. The third-order valence-electron chi connectivity index (χ3n) is 9.09. The number of esters is 1. The van der Waals surface area contributed by atoms with Gasteiger partial charge in [-0.15, -0.1) is 0 Å². The highest BCUT2D eigenvalue weighted by Gasteiger charge is 2.14. The Labute approximate surface area is 292 Å². The van der Waals surface area contributed by atoms with Crippen LogP contribution in [0.25, 0.3) is 0 Å². The predicted octanol–water partition coefficient (Wildman–Crippen LogP) is 12.5. The van der Waals surface area contributed by atoms with E-state index in [2.05, 4.69) is 44.7 Å². The van der Waals surface area contributed by atoms with Gasteiger partial charge in [-0.25, -0.2) is 4.79 Å². The highest BCUT2D eigenvalue weighted by atomic mass is 16.7. The molecule has 0 aromatic rings. The van der Waals surface area contributed by atoms with E-state index >= 15 is 0 Å². The van der Waals surface area contributed by atoms with E-state index in [0.717, 1.165) is 90.3 Å². The lowest BCUT2D eigenvalue weighted by Gasteiger charge is -2.20. The van der Waals surface area contributed by atoms with Crippen molar-refractivity contribution < 1.29 is 23.8 Å². The largest absolute Gasteiger partial charge is 0.508 e. The normalized spacial score (nSPS) is 11.6. The second kappa shape index (κ2) is 37.3. The molecule has 0 amide bonds. The monoisotopic (exact) mass is 666 g/mol. The van der Waals surface area contributed by atoms with E-state index < -0.39 is 6.16 Å². The highest BCUT2D eigenvalue weighted by molar-refractivity contribution is 5.69. The van der Waals surface area contributed by atoms with E-state index in [-0.39, 0.29) is 12.1 Å². The third-order valence-corrected chi connectivity index (χ3v) is 9.09. The first-order valence-corrected chi connectivity index (χ1v) is 20.4. The maximum atomic E-state index is 12.6. The average Bonchev–Trinajstić information content (AvgIpc) is 3.07. The molecule has 0 aliphatic heterocycles. The van der Waals surface area contributed by atoms with Crippen LogP contribution in [0.5, 0.6) is 0 Å². The average molecular weight is 666 g/mol. The molecule has 0 saturated carbocycles. The van der Waals surface area contributed by atoms with Gasteiger partial charge in [0.1, 0.15) is 6.10 Å². The molecule has 0 heterocycles. The maximum Gasteiger partial charge on any atom is 0.508 e. The van der Waals surface area contributed by atoms with E-state index in [0.29, 0.717) is 19.6 Å². The zero-order valence-electron chi connectivity index (χ0n) is 31.8. The summed E-state index contributed by atoms with van der Waals surface area (Å²) in [6.07, 6.45) is 34.9. The maximum absolute atomic E-state index is 12.6. The Kier molecular flexibility index (Phi) is 36.0. The molecule has 278 valence electrons. The number of allylic oxidation sites excluding steroid dienone is 2. The van der Waals surface area contributed by atoms with Crippen molar-refractivity contribution in [2.45, 2.75) is 207 Å². The van der Waals surface area contributed by atoms with Gasteiger partial charge in [0.05, 0.1) is 13.2 Å². The predicted molar refractivity (Wildman–Crippen MR) is 200 cm³/mol. The van der Waals surface area contributed by atoms with Crippen LogP contribution >= 0.6 is 0 Å². The smallest absolute Gasteiger partial charge is 0.462 e. The van der Waals surface area contributed by atoms with E-state index in [4.69, 9.17) is 14.2 Å². The van der Waals surface area contributed by atoms with Crippen LogP contribution in [0.2, 0.25) is 0 Å². The number of ether oxygens (including phenoxy) is 3. The van der Waals surface area contributed by atoms with Crippen LogP contribution in [-0.2, 0) is 19.0 Å². The van der Waals surface area contributed by atoms with Crippen LogP contribution in [0.15, 0.2) is 12.2 Å². The number of rotatable bonds is 36. The fraction of sp³-hybridized carbons (Fsp3) is 0.902. The van der Waals surface area contributed by atoms with Crippen LogP contribution in [0.1, 0.15) is 201 Å². The Bertz CT molecular complexity index is 681. The van der Waals surface area contributed by atoms with Crippen molar-refractivity contribution in [2.75, 3.05) is 32.8 Å². The number of unbranched alkanes of at least 4 members (excludes halogenated alkanes) is 18. The summed E-state index contributed by atoms with van der Waals surface area (Å²) < 4.78 is 16.4. The molecule has 0 unspecified atom stereocenters. The lowest BCUT2D eigenvalue weighted by atomic mass is 10.0.